The quantitative estimate of drug-likeness (QED) is 0.859. The Bertz CT molecular complexity index is 638. The number of nitrogens with zero attached hydrogens (tertiary/aromatic N) is 4. The Morgan fingerprint density at radius 1 is 1.30 bits per heavy atom. The van der Waals surface area contributed by atoms with Gasteiger partial charge in [-0.05, 0) is 40.8 Å². The molecule has 2 aromatic rings. The lowest BCUT2D eigenvalue weighted by Crippen LogP contribution is -2.30. The molecular formula is C13H16N4O2S. The van der Waals surface area contributed by atoms with Crippen LogP contribution in [-0.2, 0) is 11.3 Å². The Balaban J connectivity index is 1.75. The van der Waals surface area contributed by atoms with E-state index in [0.29, 0.717) is 5.00 Å². The van der Waals surface area contributed by atoms with Crippen LogP contribution < -0.4 is 5.69 Å². The number of hydrogen-bond acceptors (Lipinski definition) is 5. The van der Waals surface area contributed by atoms with E-state index in [4.69, 9.17) is 0 Å². The fourth-order valence-corrected chi connectivity index (χ4v) is 3.27. The zero-order valence-electron chi connectivity index (χ0n) is 11.1. The van der Waals surface area contributed by atoms with Crippen LogP contribution in [0.1, 0.15) is 32.1 Å². The number of thiophene rings is 1. The van der Waals surface area contributed by atoms with Gasteiger partial charge in [-0.2, -0.15) is 9.36 Å². The summed E-state index contributed by atoms with van der Waals surface area (Å²) in [5.74, 6) is 0.188. The van der Waals surface area contributed by atoms with Crippen LogP contribution in [0.15, 0.2) is 22.3 Å². The topological polar surface area (TPSA) is 69.8 Å². The number of rotatable bonds is 4. The standard InChI is InChI=1S/C13H16N4O2S/c18-11(10-5-2-1-3-6-10)9-16-13(19)17(15-14-16)12-7-4-8-20-12/h4,7-8,10H,1-3,5-6,9H2. The van der Waals surface area contributed by atoms with E-state index in [2.05, 4.69) is 10.4 Å². The average Bonchev–Trinajstić information content (AvgIpc) is 3.11. The van der Waals surface area contributed by atoms with E-state index in [-0.39, 0.29) is 23.9 Å². The first-order valence-corrected chi connectivity index (χ1v) is 7.73. The fourth-order valence-electron chi connectivity index (χ4n) is 2.60. The number of carbonyl (C=O) groups excluding carboxylic acids is 1. The van der Waals surface area contributed by atoms with Crippen LogP contribution in [0.2, 0.25) is 0 Å². The van der Waals surface area contributed by atoms with Crippen LogP contribution in [0, 0.1) is 5.92 Å². The van der Waals surface area contributed by atoms with Gasteiger partial charge in [-0.3, -0.25) is 4.79 Å². The van der Waals surface area contributed by atoms with Gasteiger partial charge in [-0.25, -0.2) is 4.79 Å². The van der Waals surface area contributed by atoms with Gasteiger partial charge in [0.25, 0.3) is 0 Å². The van der Waals surface area contributed by atoms with E-state index in [0.717, 1.165) is 30.4 Å². The molecule has 7 heteroatoms. The molecule has 0 saturated heterocycles. The van der Waals surface area contributed by atoms with Crippen molar-refractivity contribution in [1.29, 1.82) is 0 Å². The number of hydrogen-bond donors (Lipinski definition) is 0. The number of aromatic nitrogens is 4. The molecule has 0 aliphatic heterocycles. The first-order chi connectivity index (χ1) is 9.75. The summed E-state index contributed by atoms with van der Waals surface area (Å²) in [6.07, 6.45) is 5.29. The van der Waals surface area contributed by atoms with E-state index in [1.54, 1.807) is 6.07 Å². The second-order valence-electron chi connectivity index (χ2n) is 5.08. The zero-order chi connectivity index (χ0) is 13.9. The molecule has 0 spiro atoms. The molecule has 1 aliphatic carbocycles. The lowest BCUT2D eigenvalue weighted by Gasteiger charge is -2.19. The Morgan fingerprint density at radius 2 is 2.10 bits per heavy atom. The van der Waals surface area contributed by atoms with Crippen molar-refractivity contribution in [3.8, 4) is 5.00 Å². The normalized spacial score (nSPS) is 16.4. The van der Waals surface area contributed by atoms with E-state index in [1.165, 1.54) is 22.4 Å². The van der Waals surface area contributed by atoms with Gasteiger partial charge in [0.2, 0.25) is 0 Å². The lowest BCUT2D eigenvalue weighted by molar-refractivity contribution is -0.124. The third kappa shape index (κ3) is 2.58. The van der Waals surface area contributed by atoms with Crippen molar-refractivity contribution in [2.75, 3.05) is 0 Å². The third-order valence-electron chi connectivity index (χ3n) is 3.72. The Hall–Kier alpha value is -1.76. The van der Waals surface area contributed by atoms with Crippen molar-refractivity contribution in [3.63, 3.8) is 0 Å². The van der Waals surface area contributed by atoms with Crippen LogP contribution in [0.5, 0.6) is 0 Å². The zero-order valence-corrected chi connectivity index (χ0v) is 11.9. The fraction of sp³-hybridized carbons (Fsp3) is 0.538. The highest BCUT2D eigenvalue weighted by atomic mass is 32.1. The van der Waals surface area contributed by atoms with Gasteiger partial charge in [0, 0.05) is 5.92 Å². The van der Waals surface area contributed by atoms with Crippen LogP contribution in [0.4, 0.5) is 0 Å². The minimum Gasteiger partial charge on any atom is -0.297 e. The van der Waals surface area contributed by atoms with E-state index < -0.39 is 0 Å². The molecule has 0 atom stereocenters. The average molecular weight is 292 g/mol. The number of Topliss-reactive ketones (excluding diaryl/α,β-unsaturated/α-hetero) is 1. The lowest BCUT2D eigenvalue weighted by atomic mass is 9.86. The Morgan fingerprint density at radius 3 is 2.80 bits per heavy atom. The summed E-state index contributed by atoms with van der Waals surface area (Å²) in [4.78, 5) is 24.3. The molecule has 0 amide bonds. The molecule has 3 rings (SSSR count). The van der Waals surface area contributed by atoms with Crippen molar-refractivity contribution in [2.45, 2.75) is 38.6 Å². The third-order valence-corrected chi connectivity index (χ3v) is 4.56. The van der Waals surface area contributed by atoms with Crippen molar-refractivity contribution >= 4 is 17.1 Å². The Kier molecular flexibility index (Phi) is 3.77. The van der Waals surface area contributed by atoms with Crippen LogP contribution in [0.3, 0.4) is 0 Å². The molecule has 6 nitrogen and oxygen atoms in total. The summed E-state index contributed by atoms with van der Waals surface area (Å²) >= 11 is 1.41. The van der Waals surface area contributed by atoms with Gasteiger partial charge in [-0.1, -0.05) is 19.3 Å². The molecule has 1 fully saturated rings. The van der Waals surface area contributed by atoms with Gasteiger partial charge in [0.05, 0.1) is 0 Å². The number of carbonyl (C=O) groups is 1. The second kappa shape index (κ2) is 5.70. The van der Waals surface area contributed by atoms with Gasteiger partial charge in [-0.15, -0.1) is 11.3 Å². The smallest absolute Gasteiger partial charge is 0.297 e. The van der Waals surface area contributed by atoms with Crippen molar-refractivity contribution < 1.29 is 4.79 Å². The van der Waals surface area contributed by atoms with Crippen LogP contribution in [0.25, 0.3) is 5.00 Å². The number of ketones is 1. The van der Waals surface area contributed by atoms with Crippen molar-refractivity contribution in [2.24, 2.45) is 5.92 Å². The van der Waals surface area contributed by atoms with E-state index in [1.807, 2.05) is 11.4 Å². The van der Waals surface area contributed by atoms with Gasteiger partial charge in [0.15, 0.2) is 5.78 Å². The molecule has 2 aromatic heterocycles. The molecule has 2 heterocycles. The SMILES string of the molecule is O=C(Cn1nnn(-c2cccs2)c1=O)C1CCCCC1. The summed E-state index contributed by atoms with van der Waals surface area (Å²) < 4.78 is 2.40. The molecule has 0 aromatic carbocycles. The molecular weight excluding hydrogens is 276 g/mol. The molecule has 0 bridgehead atoms. The van der Waals surface area contributed by atoms with Gasteiger partial charge < -0.3 is 0 Å². The van der Waals surface area contributed by atoms with Crippen LogP contribution >= 0.6 is 11.3 Å². The summed E-state index contributed by atoms with van der Waals surface area (Å²) in [5, 5.41) is 10.2. The minimum absolute atomic E-state index is 0.0366. The monoisotopic (exact) mass is 292 g/mol. The second-order valence-corrected chi connectivity index (χ2v) is 6.01. The predicted molar refractivity (Wildman–Crippen MR) is 75.1 cm³/mol. The summed E-state index contributed by atoms with van der Waals surface area (Å²) in [6, 6.07) is 3.65. The van der Waals surface area contributed by atoms with Crippen molar-refractivity contribution in [3.05, 3.63) is 28.0 Å². The molecule has 1 saturated carbocycles. The van der Waals surface area contributed by atoms with Crippen LogP contribution in [-0.4, -0.2) is 25.6 Å². The molecule has 1 aliphatic rings. The maximum atomic E-state index is 12.2. The first-order valence-electron chi connectivity index (χ1n) is 6.85. The van der Waals surface area contributed by atoms with E-state index in [9.17, 15) is 9.59 Å². The molecule has 106 valence electrons. The molecule has 0 N–H and O–H groups in total. The highest BCUT2D eigenvalue weighted by Gasteiger charge is 2.22. The highest BCUT2D eigenvalue weighted by Crippen LogP contribution is 2.24. The Labute approximate surface area is 120 Å². The maximum Gasteiger partial charge on any atom is 0.369 e. The highest BCUT2D eigenvalue weighted by molar-refractivity contribution is 7.12. The number of tetrazole rings is 1. The molecule has 0 unspecified atom stereocenters. The minimum atomic E-state index is -0.350. The van der Waals surface area contributed by atoms with Gasteiger partial charge in [0.1, 0.15) is 11.5 Å². The largest absolute Gasteiger partial charge is 0.369 e. The molecule has 0 radical (unpaired) electrons. The summed E-state index contributed by atoms with van der Waals surface area (Å²) in [5.41, 5.74) is -0.350. The molecule has 20 heavy (non-hydrogen) atoms. The summed E-state index contributed by atoms with van der Waals surface area (Å²) in [6.45, 7) is 0.0366. The maximum absolute atomic E-state index is 12.2. The predicted octanol–water partition coefficient (Wildman–Crippen LogP) is 1.64. The van der Waals surface area contributed by atoms with Gasteiger partial charge >= 0.3 is 5.69 Å². The van der Waals surface area contributed by atoms with E-state index >= 15 is 0 Å². The summed E-state index contributed by atoms with van der Waals surface area (Å²) in [7, 11) is 0. The first kappa shape index (κ1) is 13.2. The van der Waals surface area contributed by atoms with Crippen molar-refractivity contribution in [1.82, 2.24) is 19.8 Å².